The van der Waals surface area contributed by atoms with Crippen LogP contribution in [-0.2, 0) is 9.53 Å². The van der Waals surface area contributed by atoms with Crippen LogP contribution in [0.25, 0.3) is 0 Å². The Balaban J connectivity index is 1.66. The first-order chi connectivity index (χ1) is 9.02. The van der Waals surface area contributed by atoms with Gasteiger partial charge in [0.15, 0.2) is 0 Å². The number of carbonyl (C=O) groups excluding carboxylic acids is 1. The highest BCUT2D eigenvalue weighted by atomic mass is 16.5. The zero-order chi connectivity index (χ0) is 13.6. The summed E-state index contributed by atoms with van der Waals surface area (Å²) in [5, 5.41) is 0. The zero-order valence-corrected chi connectivity index (χ0v) is 12.1. The highest BCUT2D eigenvalue weighted by Gasteiger charge is 2.56. The Hall–Kier alpha value is -0.610. The van der Waals surface area contributed by atoms with Crippen LogP contribution in [0.4, 0.5) is 0 Å². The van der Waals surface area contributed by atoms with Gasteiger partial charge in [0, 0.05) is 25.6 Å². The SMILES string of the molecule is CC1(C)CN(C(=O)C2C3CCCCC32)CC(CN)O1. The topological polar surface area (TPSA) is 55.6 Å². The molecule has 0 aromatic carbocycles. The lowest BCUT2D eigenvalue weighted by Gasteiger charge is -2.42. The van der Waals surface area contributed by atoms with Gasteiger partial charge in [0.25, 0.3) is 0 Å². The summed E-state index contributed by atoms with van der Waals surface area (Å²) in [4.78, 5) is 14.7. The monoisotopic (exact) mass is 266 g/mol. The Kier molecular flexibility index (Phi) is 3.34. The Morgan fingerprint density at radius 3 is 2.53 bits per heavy atom. The number of morpholine rings is 1. The van der Waals surface area contributed by atoms with Crippen molar-refractivity contribution in [3.63, 3.8) is 0 Å². The van der Waals surface area contributed by atoms with E-state index in [0.29, 0.717) is 43.3 Å². The van der Waals surface area contributed by atoms with Crippen molar-refractivity contribution in [2.45, 2.75) is 51.2 Å². The molecule has 0 aromatic heterocycles. The molecule has 2 N–H and O–H groups in total. The number of nitrogens with zero attached hydrogens (tertiary/aromatic N) is 1. The maximum absolute atomic E-state index is 12.7. The quantitative estimate of drug-likeness (QED) is 0.821. The third-order valence-corrected chi connectivity index (χ3v) is 5.00. The maximum atomic E-state index is 12.7. The summed E-state index contributed by atoms with van der Waals surface area (Å²) in [7, 11) is 0. The number of hydrogen-bond donors (Lipinski definition) is 1. The molecule has 2 aliphatic carbocycles. The Morgan fingerprint density at radius 2 is 1.95 bits per heavy atom. The van der Waals surface area contributed by atoms with E-state index < -0.39 is 0 Å². The van der Waals surface area contributed by atoms with E-state index in [0.717, 1.165) is 0 Å². The predicted octanol–water partition coefficient (Wildman–Crippen LogP) is 1.39. The first kappa shape index (κ1) is 13.4. The molecule has 108 valence electrons. The van der Waals surface area contributed by atoms with Crippen molar-refractivity contribution in [1.82, 2.24) is 4.90 Å². The summed E-state index contributed by atoms with van der Waals surface area (Å²) in [6.45, 7) is 5.97. The van der Waals surface area contributed by atoms with Gasteiger partial charge in [0.1, 0.15) is 0 Å². The fourth-order valence-corrected chi connectivity index (χ4v) is 4.16. The molecule has 0 radical (unpaired) electrons. The first-order valence-electron chi connectivity index (χ1n) is 7.68. The number of hydrogen-bond acceptors (Lipinski definition) is 3. The molecule has 3 unspecified atom stereocenters. The molecular formula is C15H26N2O2. The molecule has 2 saturated carbocycles. The van der Waals surface area contributed by atoms with Gasteiger partial charge in [-0.25, -0.2) is 0 Å². The minimum Gasteiger partial charge on any atom is -0.367 e. The second-order valence-electron chi connectivity index (χ2n) is 7.09. The number of fused-ring (bicyclic) bond motifs is 1. The Morgan fingerprint density at radius 1 is 1.32 bits per heavy atom. The van der Waals surface area contributed by atoms with Gasteiger partial charge in [-0.05, 0) is 38.5 Å². The zero-order valence-electron chi connectivity index (χ0n) is 12.1. The lowest BCUT2D eigenvalue weighted by molar-refractivity contribution is -0.160. The Labute approximate surface area is 115 Å². The average molecular weight is 266 g/mol. The lowest BCUT2D eigenvalue weighted by Crippen LogP contribution is -2.56. The van der Waals surface area contributed by atoms with E-state index in [1.807, 2.05) is 4.90 Å². The van der Waals surface area contributed by atoms with E-state index in [1.54, 1.807) is 0 Å². The van der Waals surface area contributed by atoms with Crippen LogP contribution in [-0.4, -0.2) is 42.1 Å². The average Bonchev–Trinajstić information content (AvgIpc) is 3.10. The van der Waals surface area contributed by atoms with Gasteiger partial charge in [-0.3, -0.25) is 4.79 Å². The summed E-state index contributed by atoms with van der Waals surface area (Å²) in [5.41, 5.74) is 5.47. The van der Waals surface area contributed by atoms with Gasteiger partial charge in [0.05, 0.1) is 11.7 Å². The van der Waals surface area contributed by atoms with Crippen LogP contribution in [0.2, 0.25) is 0 Å². The molecule has 0 aromatic rings. The molecule has 1 saturated heterocycles. The second kappa shape index (κ2) is 4.74. The van der Waals surface area contributed by atoms with Crippen molar-refractivity contribution in [3.05, 3.63) is 0 Å². The molecule has 0 bridgehead atoms. The molecule has 3 aliphatic rings. The standard InChI is InChI=1S/C15H26N2O2/c1-15(2)9-17(8-10(7-16)19-15)14(18)13-11-5-3-4-6-12(11)13/h10-13H,3-9,16H2,1-2H3. The molecule has 1 heterocycles. The molecule has 1 amide bonds. The summed E-state index contributed by atoms with van der Waals surface area (Å²) >= 11 is 0. The largest absolute Gasteiger partial charge is 0.367 e. The summed E-state index contributed by atoms with van der Waals surface area (Å²) in [5.74, 6) is 2.05. The van der Waals surface area contributed by atoms with Crippen LogP contribution >= 0.6 is 0 Å². The maximum Gasteiger partial charge on any atom is 0.226 e. The summed E-state index contributed by atoms with van der Waals surface area (Å²) in [6.07, 6.45) is 5.13. The molecule has 3 atom stereocenters. The van der Waals surface area contributed by atoms with Gasteiger partial charge in [-0.15, -0.1) is 0 Å². The van der Waals surface area contributed by atoms with E-state index in [4.69, 9.17) is 10.5 Å². The van der Waals surface area contributed by atoms with Crippen LogP contribution in [0, 0.1) is 17.8 Å². The van der Waals surface area contributed by atoms with Crippen LogP contribution in [0.3, 0.4) is 0 Å². The molecule has 3 fully saturated rings. The van der Waals surface area contributed by atoms with Crippen LogP contribution in [0.15, 0.2) is 0 Å². The van der Waals surface area contributed by atoms with E-state index in [1.165, 1.54) is 25.7 Å². The van der Waals surface area contributed by atoms with Gasteiger partial charge >= 0.3 is 0 Å². The third kappa shape index (κ3) is 2.52. The van der Waals surface area contributed by atoms with Crippen molar-refractivity contribution < 1.29 is 9.53 Å². The minimum absolute atomic E-state index is 0.00604. The third-order valence-electron chi connectivity index (χ3n) is 5.00. The molecule has 0 spiro atoms. The highest BCUT2D eigenvalue weighted by molar-refractivity contribution is 5.82. The van der Waals surface area contributed by atoms with Gasteiger partial charge in [0.2, 0.25) is 5.91 Å². The van der Waals surface area contributed by atoms with E-state index >= 15 is 0 Å². The summed E-state index contributed by atoms with van der Waals surface area (Å²) in [6, 6.07) is 0. The number of amides is 1. The number of ether oxygens (including phenoxy) is 1. The van der Waals surface area contributed by atoms with Gasteiger partial charge in [-0.1, -0.05) is 12.8 Å². The van der Waals surface area contributed by atoms with Crippen molar-refractivity contribution >= 4 is 5.91 Å². The normalized spacial score (nSPS) is 40.7. The summed E-state index contributed by atoms with van der Waals surface area (Å²) < 4.78 is 5.90. The molecular weight excluding hydrogens is 240 g/mol. The highest BCUT2D eigenvalue weighted by Crippen LogP contribution is 2.56. The number of carbonyl (C=O) groups is 1. The molecule has 4 heteroatoms. The second-order valence-corrected chi connectivity index (χ2v) is 7.09. The van der Waals surface area contributed by atoms with E-state index in [-0.39, 0.29) is 11.7 Å². The van der Waals surface area contributed by atoms with Gasteiger partial charge in [-0.2, -0.15) is 0 Å². The lowest BCUT2D eigenvalue weighted by atomic mass is 10.0. The fraction of sp³-hybridized carbons (Fsp3) is 0.933. The van der Waals surface area contributed by atoms with Crippen LogP contribution in [0.5, 0.6) is 0 Å². The smallest absolute Gasteiger partial charge is 0.226 e. The molecule has 3 rings (SSSR count). The number of nitrogens with two attached hydrogens (primary N) is 1. The van der Waals surface area contributed by atoms with Crippen LogP contribution < -0.4 is 5.73 Å². The predicted molar refractivity (Wildman–Crippen MR) is 73.5 cm³/mol. The van der Waals surface area contributed by atoms with Crippen molar-refractivity contribution in [2.24, 2.45) is 23.5 Å². The first-order valence-corrected chi connectivity index (χ1v) is 7.68. The van der Waals surface area contributed by atoms with E-state index in [2.05, 4.69) is 13.8 Å². The van der Waals surface area contributed by atoms with Gasteiger partial charge < -0.3 is 15.4 Å². The Bertz CT molecular complexity index is 357. The molecule has 19 heavy (non-hydrogen) atoms. The van der Waals surface area contributed by atoms with Crippen LogP contribution in [0.1, 0.15) is 39.5 Å². The van der Waals surface area contributed by atoms with Crippen molar-refractivity contribution in [2.75, 3.05) is 19.6 Å². The molecule has 4 nitrogen and oxygen atoms in total. The molecule has 1 aliphatic heterocycles. The fourth-order valence-electron chi connectivity index (χ4n) is 4.16. The van der Waals surface area contributed by atoms with Crippen molar-refractivity contribution in [1.29, 1.82) is 0 Å². The number of rotatable bonds is 2. The van der Waals surface area contributed by atoms with E-state index in [9.17, 15) is 4.79 Å². The van der Waals surface area contributed by atoms with Crippen molar-refractivity contribution in [3.8, 4) is 0 Å². The minimum atomic E-state index is -0.266.